The molecule has 0 aliphatic carbocycles. The van der Waals surface area contributed by atoms with Crippen molar-refractivity contribution in [3.8, 4) is 11.3 Å². The minimum atomic E-state index is -0.835. The largest absolute Gasteiger partial charge is 0.459 e. The van der Waals surface area contributed by atoms with Gasteiger partial charge in [-0.05, 0) is 57.0 Å². The van der Waals surface area contributed by atoms with Gasteiger partial charge >= 0.3 is 5.97 Å². The van der Waals surface area contributed by atoms with Crippen molar-refractivity contribution in [3.63, 3.8) is 0 Å². The van der Waals surface area contributed by atoms with Crippen molar-refractivity contribution in [2.45, 2.75) is 39.8 Å². The second-order valence-electron chi connectivity index (χ2n) is 9.52. The molecule has 1 aliphatic rings. The molecule has 0 spiro atoms. The minimum absolute atomic E-state index is 0.0476. The molecule has 1 atom stereocenters. The Morgan fingerprint density at radius 2 is 1.95 bits per heavy atom. The molecule has 9 nitrogen and oxygen atoms in total. The van der Waals surface area contributed by atoms with Crippen molar-refractivity contribution >= 4 is 40.7 Å². The zero-order chi connectivity index (χ0) is 28.7. The molecule has 0 fully saturated rings. The fourth-order valence-electron chi connectivity index (χ4n) is 4.54. The number of carbonyl (C=O) groups is 1. The fraction of sp³-hybridized carbons (Fsp3) is 0.207. The van der Waals surface area contributed by atoms with E-state index >= 15 is 0 Å². The first kappa shape index (κ1) is 27.3. The predicted octanol–water partition coefficient (Wildman–Crippen LogP) is 5.32. The lowest BCUT2D eigenvalue weighted by atomic mass is 9.96. The number of nitro benzene ring substituents is 1. The molecule has 40 heavy (non-hydrogen) atoms. The van der Waals surface area contributed by atoms with E-state index in [-0.39, 0.29) is 22.9 Å². The molecule has 2 aromatic carbocycles. The lowest BCUT2D eigenvalue weighted by Gasteiger charge is -2.26. The highest BCUT2D eigenvalue weighted by molar-refractivity contribution is 7.07. The van der Waals surface area contributed by atoms with Crippen LogP contribution in [-0.4, -0.2) is 21.6 Å². The van der Waals surface area contributed by atoms with Crippen LogP contribution in [0.2, 0.25) is 5.02 Å². The summed E-state index contributed by atoms with van der Waals surface area (Å²) >= 11 is 7.72. The number of hydrogen-bond acceptors (Lipinski definition) is 8. The standard InChI is InChI=1S/C29H24ClN3O6S/c1-15(2)38-28(35)25-17(4)31-29-32(26(25)20-7-5-6-8-22(20)30)27(34)24(40-29)14-19-11-12-23(39-19)21-13-18(33(36)37)10-9-16(21)3/h5-15,26H,1-4H3. The number of furan rings is 1. The Morgan fingerprint density at radius 3 is 2.65 bits per heavy atom. The van der Waals surface area contributed by atoms with Crippen LogP contribution in [0.3, 0.4) is 0 Å². The Hall–Kier alpha value is -4.28. The minimum Gasteiger partial charge on any atom is -0.459 e. The molecule has 5 rings (SSSR count). The fourth-order valence-corrected chi connectivity index (χ4v) is 5.81. The molecular weight excluding hydrogens is 554 g/mol. The first-order valence-corrected chi connectivity index (χ1v) is 13.6. The van der Waals surface area contributed by atoms with Crippen LogP contribution in [0, 0.1) is 17.0 Å². The zero-order valence-corrected chi connectivity index (χ0v) is 23.6. The van der Waals surface area contributed by atoms with Crippen molar-refractivity contribution in [1.82, 2.24) is 4.57 Å². The molecule has 0 saturated carbocycles. The summed E-state index contributed by atoms with van der Waals surface area (Å²) in [6.07, 6.45) is 1.22. The van der Waals surface area contributed by atoms with Crippen LogP contribution in [-0.2, 0) is 9.53 Å². The van der Waals surface area contributed by atoms with Gasteiger partial charge in [-0.25, -0.2) is 9.79 Å². The van der Waals surface area contributed by atoms with Crippen LogP contribution < -0.4 is 14.9 Å². The molecule has 1 aliphatic heterocycles. The van der Waals surface area contributed by atoms with Crippen molar-refractivity contribution < 1.29 is 18.9 Å². The van der Waals surface area contributed by atoms with E-state index in [4.69, 9.17) is 20.8 Å². The molecule has 0 saturated heterocycles. The van der Waals surface area contributed by atoms with E-state index in [0.29, 0.717) is 42.7 Å². The smallest absolute Gasteiger partial charge is 0.338 e. The van der Waals surface area contributed by atoms with Gasteiger partial charge in [0.25, 0.3) is 11.2 Å². The number of allylic oxidation sites excluding steroid dienone is 1. The Bertz CT molecular complexity index is 1880. The zero-order valence-electron chi connectivity index (χ0n) is 22.0. The monoisotopic (exact) mass is 577 g/mol. The van der Waals surface area contributed by atoms with E-state index < -0.39 is 16.9 Å². The number of halogens is 1. The topological polar surface area (TPSA) is 117 Å². The van der Waals surface area contributed by atoms with Gasteiger partial charge in [0.05, 0.1) is 26.8 Å². The second-order valence-corrected chi connectivity index (χ2v) is 10.9. The second kappa shape index (κ2) is 10.7. The van der Waals surface area contributed by atoms with Gasteiger partial charge in [-0.3, -0.25) is 19.5 Å². The summed E-state index contributed by atoms with van der Waals surface area (Å²) < 4.78 is 13.3. The van der Waals surface area contributed by atoms with Crippen LogP contribution in [0.5, 0.6) is 0 Å². The first-order chi connectivity index (χ1) is 19.0. The molecule has 204 valence electrons. The molecule has 2 aromatic heterocycles. The number of thiazole rings is 1. The number of aryl methyl sites for hydroxylation is 1. The van der Waals surface area contributed by atoms with Crippen LogP contribution >= 0.6 is 22.9 Å². The lowest BCUT2D eigenvalue weighted by molar-refractivity contribution is -0.384. The lowest BCUT2D eigenvalue weighted by Crippen LogP contribution is -2.40. The van der Waals surface area contributed by atoms with Gasteiger partial charge < -0.3 is 9.15 Å². The molecule has 3 heterocycles. The number of rotatable bonds is 6. The van der Waals surface area contributed by atoms with Gasteiger partial charge in [0.2, 0.25) is 0 Å². The maximum Gasteiger partial charge on any atom is 0.338 e. The van der Waals surface area contributed by atoms with E-state index in [9.17, 15) is 19.7 Å². The summed E-state index contributed by atoms with van der Waals surface area (Å²) in [5.41, 5.74) is 2.21. The Morgan fingerprint density at radius 1 is 1.20 bits per heavy atom. The highest BCUT2D eigenvalue weighted by atomic mass is 35.5. The average molecular weight is 578 g/mol. The third-order valence-corrected chi connectivity index (χ3v) is 7.71. The van der Waals surface area contributed by atoms with Crippen LogP contribution in [0.1, 0.15) is 43.7 Å². The van der Waals surface area contributed by atoms with Crippen LogP contribution in [0.25, 0.3) is 17.4 Å². The summed E-state index contributed by atoms with van der Waals surface area (Å²) in [5.74, 6) is 0.248. The van der Waals surface area contributed by atoms with Gasteiger partial charge in [0.15, 0.2) is 4.80 Å². The maximum absolute atomic E-state index is 13.8. The number of carbonyl (C=O) groups excluding carboxylic acids is 1. The maximum atomic E-state index is 13.8. The van der Waals surface area contributed by atoms with Gasteiger partial charge in [-0.15, -0.1) is 0 Å². The van der Waals surface area contributed by atoms with Gasteiger partial charge in [0.1, 0.15) is 17.6 Å². The normalized spacial score (nSPS) is 15.2. The van der Waals surface area contributed by atoms with Gasteiger partial charge in [-0.1, -0.05) is 47.2 Å². The molecule has 0 amide bonds. The van der Waals surface area contributed by atoms with E-state index in [1.807, 2.05) is 6.92 Å². The third-order valence-electron chi connectivity index (χ3n) is 6.38. The number of nitro groups is 1. The van der Waals surface area contributed by atoms with E-state index in [0.717, 1.165) is 16.9 Å². The van der Waals surface area contributed by atoms with Crippen molar-refractivity contribution in [2.24, 2.45) is 4.99 Å². The predicted molar refractivity (Wildman–Crippen MR) is 152 cm³/mol. The quantitative estimate of drug-likeness (QED) is 0.174. The van der Waals surface area contributed by atoms with Crippen molar-refractivity contribution in [2.75, 3.05) is 0 Å². The number of esters is 1. The molecule has 0 radical (unpaired) electrons. The highest BCUT2D eigenvalue weighted by Crippen LogP contribution is 2.35. The number of non-ortho nitro benzene ring substituents is 1. The first-order valence-electron chi connectivity index (χ1n) is 12.4. The number of hydrogen-bond donors (Lipinski definition) is 0. The van der Waals surface area contributed by atoms with Crippen LogP contribution in [0.15, 0.2) is 80.1 Å². The van der Waals surface area contributed by atoms with Crippen molar-refractivity contribution in [3.05, 3.63) is 118 Å². The van der Waals surface area contributed by atoms with E-state index in [1.165, 1.54) is 16.7 Å². The number of benzene rings is 2. The van der Waals surface area contributed by atoms with E-state index in [1.54, 1.807) is 69.3 Å². The number of ether oxygens (including phenoxy) is 1. The Labute approximate surface area is 237 Å². The number of aromatic nitrogens is 1. The Balaban J connectivity index is 1.64. The molecule has 0 bridgehead atoms. The molecule has 4 aromatic rings. The molecule has 11 heteroatoms. The third kappa shape index (κ3) is 5.03. The summed E-state index contributed by atoms with van der Waals surface area (Å²) in [7, 11) is 0. The number of nitrogens with zero attached hydrogens (tertiary/aromatic N) is 3. The highest BCUT2D eigenvalue weighted by Gasteiger charge is 2.34. The molecule has 0 N–H and O–H groups in total. The summed E-state index contributed by atoms with van der Waals surface area (Å²) in [5, 5.41) is 11.6. The summed E-state index contributed by atoms with van der Waals surface area (Å²) in [6.45, 7) is 7.04. The van der Waals surface area contributed by atoms with Gasteiger partial charge in [0, 0.05) is 28.8 Å². The molecular formula is C29H24ClN3O6S. The number of fused-ring (bicyclic) bond motifs is 1. The summed E-state index contributed by atoms with van der Waals surface area (Å²) in [4.78, 5) is 42.8. The Kier molecular flexibility index (Phi) is 7.31. The van der Waals surface area contributed by atoms with Crippen LogP contribution in [0.4, 0.5) is 5.69 Å². The SMILES string of the molecule is CC1=C(C(=O)OC(C)C)C(c2ccccc2Cl)n2c(sc(=Cc3ccc(-c4cc([N+](=O)[O-])ccc4C)o3)c2=O)=N1. The summed E-state index contributed by atoms with van der Waals surface area (Å²) in [6, 6.07) is 14.1. The van der Waals surface area contributed by atoms with Crippen molar-refractivity contribution in [1.29, 1.82) is 0 Å². The molecule has 1 unspecified atom stereocenters. The van der Waals surface area contributed by atoms with E-state index in [2.05, 4.69) is 4.99 Å². The average Bonchev–Trinajstić information content (AvgIpc) is 3.47. The van der Waals surface area contributed by atoms with Gasteiger partial charge in [-0.2, -0.15) is 0 Å².